The van der Waals surface area contributed by atoms with Gasteiger partial charge in [0.2, 0.25) is 0 Å². The lowest BCUT2D eigenvalue weighted by molar-refractivity contribution is 0.431. The molecule has 102 valence electrons. The first-order valence-corrected chi connectivity index (χ1v) is 7.17. The average molecular weight is 258 g/mol. The van der Waals surface area contributed by atoms with Crippen LogP contribution < -0.4 is 10.6 Å². The van der Waals surface area contributed by atoms with Gasteiger partial charge in [-0.15, -0.1) is 0 Å². The zero-order chi connectivity index (χ0) is 13.1. The topological polar surface area (TPSA) is 49.3 Å². The summed E-state index contributed by atoms with van der Waals surface area (Å²) in [5.41, 5.74) is 1.64. The number of hydrogen-bond acceptors (Lipinski definition) is 2. The molecule has 2 saturated carbocycles. The summed E-state index contributed by atoms with van der Waals surface area (Å²) in [6, 6.07) is 5.96. The molecule has 0 atom stereocenters. The number of nitrogens with zero attached hydrogens (tertiary/aromatic N) is 2. The third-order valence-electron chi connectivity index (χ3n) is 4.33. The zero-order valence-electron chi connectivity index (χ0n) is 11.5. The lowest BCUT2D eigenvalue weighted by atomic mass is 10.0. The van der Waals surface area contributed by atoms with Crippen molar-refractivity contribution in [3.63, 3.8) is 0 Å². The van der Waals surface area contributed by atoms with Gasteiger partial charge in [-0.2, -0.15) is 0 Å². The minimum Gasteiger partial charge on any atom is -0.356 e. The van der Waals surface area contributed by atoms with Gasteiger partial charge in [0.1, 0.15) is 0 Å². The van der Waals surface area contributed by atoms with Crippen LogP contribution in [0.1, 0.15) is 31.4 Å². The van der Waals surface area contributed by atoms with Crippen LogP contribution in [0, 0.1) is 11.3 Å². The maximum Gasteiger partial charge on any atom is 0.191 e. The fourth-order valence-corrected chi connectivity index (χ4v) is 2.74. The predicted octanol–water partition coefficient (Wildman–Crippen LogP) is 1.94. The Morgan fingerprint density at radius 1 is 1.37 bits per heavy atom. The predicted molar refractivity (Wildman–Crippen MR) is 76.8 cm³/mol. The van der Waals surface area contributed by atoms with Crippen LogP contribution in [0.4, 0.5) is 0 Å². The third kappa shape index (κ3) is 3.06. The van der Waals surface area contributed by atoms with Crippen molar-refractivity contribution in [2.75, 3.05) is 13.6 Å². The van der Waals surface area contributed by atoms with E-state index >= 15 is 0 Å². The summed E-state index contributed by atoms with van der Waals surface area (Å²) < 4.78 is 0. The van der Waals surface area contributed by atoms with E-state index in [0.717, 1.165) is 30.7 Å². The number of nitrogens with one attached hydrogen (secondary N) is 2. The fourth-order valence-electron chi connectivity index (χ4n) is 2.74. The highest BCUT2D eigenvalue weighted by atomic mass is 15.2. The van der Waals surface area contributed by atoms with E-state index in [4.69, 9.17) is 0 Å². The largest absolute Gasteiger partial charge is 0.356 e. The minimum absolute atomic E-state index is 0.600. The Morgan fingerprint density at radius 2 is 2.21 bits per heavy atom. The summed E-state index contributed by atoms with van der Waals surface area (Å²) >= 11 is 0. The van der Waals surface area contributed by atoms with Crippen LogP contribution in [0.15, 0.2) is 29.4 Å². The van der Waals surface area contributed by atoms with Crippen molar-refractivity contribution in [2.24, 2.45) is 16.3 Å². The molecule has 1 aromatic rings. The molecule has 3 rings (SSSR count). The second-order valence-electron chi connectivity index (χ2n) is 5.74. The van der Waals surface area contributed by atoms with Gasteiger partial charge in [-0.25, -0.2) is 0 Å². The van der Waals surface area contributed by atoms with Gasteiger partial charge in [-0.05, 0) is 49.1 Å². The normalized spacial score (nSPS) is 21.0. The van der Waals surface area contributed by atoms with Gasteiger partial charge in [0, 0.05) is 19.8 Å². The number of pyridine rings is 1. The van der Waals surface area contributed by atoms with E-state index in [0.29, 0.717) is 5.41 Å². The second kappa shape index (κ2) is 5.19. The van der Waals surface area contributed by atoms with E-state index in [9.17, 15) is 0 Å². The molecule has 2 aliphatic rings. The van der Waals surface area contributed by atoms with Gasteiger partial charge in [0.05, 0.1) is 12.2 Å². The highest BCUT2D eigenvalue weighted by Crippen LogP contribution is 2.60. The van der Waals surface area contributed by atoms with Crippen molar-refractivity contribution in [3.05, 3.63) is 30.1 Å². The first-order chi connectivity index (χ1) is 9.32. The van der Waals surface area contributed by atoms with Crippen LogP contribution in [0.3, 0.4) is 0 Å². The Labute approximate surface area is 114 Å². The number of aliphatic imine (C=N–C) groups is 1. The van der Waals surface area contributed by atoms with Crippen molar-refractivity contribution in [3.8, 4) is 0 Å². The highest BCUT2D eigenvalue weighted by Gasteiger charge is 2.53. The number of guanidine groups is 1. The average Bonchev–Trinajstić information content (AvgIpc) is 3.32. The molecule has 2 N–H and O–H groups in total. The molecule has 1 heterocycles. The molecular weight excluding hydrogens is 236 g/mol. The van der Waals surface area contributed by atoms with Gasteiger partial charge in [-0.3, -0.25) is 9.98 Å². The Hall–Kier alpha value is -1.58. The first kappa shape index (κ1) is 12.5. The number of aromatic nitrogens is 1. The van der Waals surface area contributed by atoms with E-state index in [1.54, 1.807) is 0 Å². The Kier molecular flexibility index (Phi) is 3.40. The van der Waals surface area contributed by atoms with Gasteiger partial charge in [0.25, 0.3) is 0 Å². The maximum absolute atomic E-state index is 4.30. The van der Waals surface area contributed by atoms with E-state index < -0.39 is 0 Å². The molecule has 19 heavy (non-hydrogen) atoms. The van der Waals surface area contributed by atoms with E-state index in [2.05, 4.69) is 20.6 Å². The smallest absolute Gasteiger partial charge is 0.191 e. The van der Waals surface area contributed by atoms with E-state index in [-0.39, 0.29) is 0 Å². The fraction of sp³-hybridized carbons (Fsp3) is 0.600. The lowest BCUT2D eigenvalue weighted by Crippen LogP contribution is -2.40. The molecule has 0 aliphatic heterocycles. The van der Waals surface area contributed by atoms with Crippen molar-refractivity contribution >= 4 is 5.96 Å². The van der Waals surface area contributed by atoms with Crippen LogP contribution >= 0.6 is 0 Å². The summed E-state index contributed by atoms with van der Waals surface area (Å²) in [5, 5.41) is 6.80. The quantitative estimate of drug-likeness (QED) is 0.627. The van der Waals surface area contributed by atoms with Crippen molar-refractivity contribution in [2.45, 2.75) is 32.2 Å². The molecule has 1 aromatic heterocycles. The highest BCUT2D eigenvalue weighted by molar-refractivity contribution is 5.79. The summed E-state index contributed by atoms with van der Waals surface area (Å²) in [5.74, 6) is 1.87. The van der Waals surface area contributed by atoms with Gasteiger partial charge in [-0.1, -0.05) is 6.07 Å². The molecule has 0 amide bonds. The number of rotatable bonds is 5. The molecular formula is C15H22N4. The molecule has 4 nitrogen and oxygen atoms in total. The standard InChI is InChI=1S/C15H22N4/c1-16-14(18-10-13-4-2-3-9-17-13)19-11-15(7-8-15)12-5-6-12/h2-4,9,12H,5-8,10-11H2,1H3,(H2,16,18,19). The molecule has 0 radical (unpaired) electrons. The van der Waals surface area contributed by atoms with Crippen LogP contribution in [-0.4, -0.2) is 24.5 Å². The second-order valence-corrected chi connectivity index (χ2v) is 5.74. The monoisotopic (exact) mass is 258 g/mol. The molecule has 0 bridgehead atoms. The first-order valence-electron chi connectivity index (χ1n) is 7.17. The zero-order valence-corrected chi connectivity index (χ0v) is 11.5. The summed E-state index contributed by atoms with van der Waals surface area (Å²) in [7, 11) is 1.82. The molecule has 2 fully saturated rings. The van der Waals surface area contributed by atoms with Crippen LogP contribution in [0.25, 0.3) is 0 Å². The van der Waals surface area contributed by atoms with Crippen molar-refractivity contribution in [1.82, 2.24) is 15.6 Å². The Morgan fingerprint density at radius 3 is 2.79 bits per heavy atom. The Balaban J connectivity index is 1.46. The molecule has 2 aliphatic carbocycles. The van der Waals surface area contributed by atoms with E-state index in [1.165, 1.54) is 25.7 Å². The summed E-state index contributed by atoms with van der Waals surface area (Å²) in [4.78, 5) is 8.58. The molecule has 0 saturated heterocycles. The summed E-state index contributed by atoms with van der Waals surface area (Å²) in [6.45, 7) is 1.79. The minimum atomic E-state index is 0.600. The van der Waals surface area contributed by atoms with Crippen LogP contribution in [-0.2, 0) is 6.54 Å². The van der Waals surface area contributed by atoms with Gasteiger partial charge in [0.15, 0.2) is 5.96 Å². The Bertz CT molecular complexity index is 446. The molecule has 0 aromatic carbocycles. The number of hydrogen-bond donors (Lipinski definition) is 2. The lowest BCUT2D eigenvalue weighted by Gasteiger charge is -2.17. The molecule has 0 unspecified atom stereocenters. The van der Waals surface area contributed by atoms with Crippen LogP contribution in [0.2, 0.25) is 0 Å². The maximum atomic E-state index is 4.30. The van der Waals surface area contributed by atoms with Crippen molar-refractivity contribution < 1.29 is 0 Å². The van der Waals surface area contributed by atoms with Gasteiger partial charge >= 0.3 is 0 Å². The third-order valence-corrected chi connectivity index (χ3v) is 4.33. The van der Waals surface area contributed by atoms with E-state index in [1.807, 2.05) is 31.4 Å². The van der Waals surface area contributed by atoms with Crippen molar-refractivity contribution in [1.29, 1.82) is 0 Å². The molecule has 4 heteroatoms. The van der Waals surface area contributed by atoms with Crippen LogP contribution in [0.5, 0.6) is 0 Å². The van der Waals surface area contributed by atoms with Gasteiger partial charge < -0.3 is 10.6 Å². The SMILES string of the molecule is CN=C(NCc1ccccn1)NCC1(C2CC2)CC1. The molecule has 0 spiro atoms. The summed E-state index contributed by atoms with van der Waals surface area (Å²) in [6.07, 6.45) is 7.46.